The van der Waals surface area contributed by atoms with Crippen molar-refractivity contribution in [3.63, 3.8) is 0 Å². The Labute approximate surface area is 187 Å². The molecule has 32 heavy (non-hydrogen) atoms. The summed E-state index contributed by atoms with van der Waals surface area (Å²) in [5.74, 6) is -0.879. The van der Waals surface area contributed by atoms with Crippen molar-refractivity contribution >= 4 is 23.2 Å². The van der Waals surface area contributed by atoms with Gasteiger partial charge in [-0.25, -0.2) is 9.37 Å². The summed E-state index contributed by atoms with van der Waals surface area (Å²) in [6, 6.07) is 5.56. The van der Waals surface area contributed by atoms with Crippen molar-refractivity contribution in [1.29, 1.82) is 0 Å². The van der Waals surface area contributed by atoms with Gasteiger partial charge in [0.15, 0.2) is 22.5 Å². The Hall–Kier alpha value is -3.72. The molecule has 0 saturated heterocycles. The summed E-state index contributed by atoms with van der Waals surface area (Å²) < 4.78 is 15.5. The smallest absolute Gasteiger partial charge is 0.165 e. The summed E-state index contributed by atoms with van der Waals surface area (Å²) >= 11 is 6.49. The van der Waals surface area contributed by atoms with Crippen molar-refractivity contribution in [3.8, 4) is 28.3 Å². The number of nitrogens with two attached hydrogens (primary N) is 1. The number of H-pyrrole nitrogens is 1. The highest BCUT2D eigenvalue weighted by molar-refractivity contribution is 6.30. The van der Waals surface area contributed by atoms with E-state index < -0.39 is 5.82 Å². The van der Waals surface area contributed by atoms with Crippen LogP contribution >= 0.6 is 11.6 Å². The van der Waals surface area contributed by atoms with Gasteiger partial charge in [-0.1, -0.05) is 11.6 Å². The van der Waals surface area contributed by atoms with Gasteiger partial charge in [-0.15, -0.1) is 0 Å². The Kier molecular flexibility index (Phi) is 5.67. The third-order valence-corrected chi connectivity index (χ3v) is 5.49. The van der Waals surface area contributed by atoms with Gasteiger partial charge >= 0.3 is 0 Å². The SMILES string of the molecule is CCn1nc(Cl)c(Cc2cn[nH]c2-c2ccc(F)cc2C(C)=O)c1-c1cnc(N)c(O)c1. The number of ketones is 1. The highest BCUT2D eigenvalue weighted by atomic mass is 35.5. The van der Waals surface area contributed by atoms with E-state index in [1.54, 1.807) is 23.1 Å². The van der Waals surface area contributed by atoms with Crippen LogP contribution in [-0.4, -0.2) is 35.9 Å². The number of aromatic hydroxyl groups is 1. The van der Waals surface area contributed by atoms with Crippen LogP contribution < -0.4 is 5.73 Å². The van der Waals surface area contributed by atoms with E-state index >= 15 is 0 Å². The number of benzene rings is 1. The van der Waals surface area contributed by atoms with Gasteiger partial charge in [0.1, 0.15) is 5.82 Å². The van der Waals surface area contributed by atoms with Crippen molar-refractivity contribution in [1.82, 2.24) is 25.0 Å². The van der Waals surface area contributed by atoms with Crippen molar-refractivity contribution in [2.24, 2.45) is 0 Å². The number of hydrogen-bond donors (Lipinski definition) is 3. The number of Topliss-reactive ketones (excluding diaryl/α,β-unsaturated/α-hetero) is 1. The van der Waals surface area contributed by atoms with Gasteiger partial charge in [0.25, 0.3) is 0 Å². The summed E-state index contributed by atoms with van der Waals surface area (Å²) in [6.07, 6.45) is 3.49. The number of hydrogen-bond acceptors (Lipinski definition) is 6. The van der Waals surface area contributed by atoms with Crippen LogP contribution in [0.1, 0.15) is 35.3 Å². The summed E-state index contributed by atoms with van der Waals surface area (Å²) in [5.41, 5.74) is 9.73. The second kappa shape index (κ2) is 8.43. The molecule has 3 heterocycles. The topological polar surface area (TPSA) is 123 Å². The lowest BCUT2D eigenvalue weighted by molar-refractivity contribution is 0.101. The summed E-state index contributed by atoms with van der Waals surface area (Å²) in [4.78, 5) is 16.1. The molecular formula is C22H20ClFN6O2. The minimum Gasteiger partial charge on any atom is -0.504 e. The van der Waals surface area contributed by atoms with Gasteiger partial charge in [-0.05, 0) is 38.1 Å². The van der Waals surface area contributed by atoms with Crippen molar-refractivity contribution in [2.45, 2.75) is 26.8 Å². The Morgan fingerprint density at radius 1 is 1.31 bits per heavy atom. The van der Waals surface area contributed by atoms with Gasteiger partial charge < -0.3 is 10.8 Å². The highest BCUT2D eigenvalue weighted by Gasteiger charge is 2.22. The van der Waals surface area contributed by atoms with Crippen LogP contribution in [0.5, 0.6) is 5.75 Å². The number of halogens is 2. The molecule has 0 saturated carbocycles. The van der Waals surface area contributed by atoms with Crippen LogP contribution in [0.3, 0.4) is 0 Å². The maximum Gasteiger partial charge on any atom is 0.165 e. The van der Waals surface area contributed by atoms with Crippen molar-refractivity contribution in [3.05, 3.63) is 64.3 Å². The minimum atomic E-state index is -0.495. The molecular weight excluding hydrogens is 435 g/mol. The number of carbonyl (C=O) groups excluding carboxylic acids is 1. The molecule has 4 rings (SSSR count). The molecule has 0 bridgehead atoms. The lowest BCUT2D eigenvalue weighted by Crippen LogP contribution is -2.02. The number of aryl methyl sites for hydroxylation is 1. The maximum atomic E-state index is 13.8. The second-order valence-electron chi connectivity index (χ2n) is 7.26. The van der Waals surface area contributed by atoms with E-state index in [9.17, 15) is 14.3 Å². The predicted molar refractivity (Wildman–Crippen MR) is 119 cm³/mol. The monoisotopic (exact) mass is 454 g/mol. The lowest BCUT2D eigenvalue weighted by atomic mass is 9.96. The van der Waals surface area contributed by atoms with Gasteiger partial charge in [-0.3, -0.25) is 14.6 Å². The first-order valence-electron chi connectivity index (χ1n) is 9.83. The predicted octanol–water partition coefficient (Wildman–Crippen LogP) is 4.23. The molecule has 1 aromatic carbocycles. The minimum absolute atomic E-state index is 0.0224. The number of nitrogens with one attached hydrogen (secondary N) is 1. The highest BCUT2D eigenvalue weighted by Crippen LogP contribution is 2.35. The second-order valence-corrected chi connectivity index (χ2v) is 7.61. The first kappa shape index (κ1) is 21.5. The molecule has 0 aliphatic heterocycles. The van der Waals surface area contributed by atoms with Gasteiger partial charge in [-0.2, -0.15) is 10.2 Å². The quantitative estimate of drug-likeness (QED) is 0.375. The third kappa shape index (κ3) is 3.82. The fourth-order valence-electron chi connectivity index (χ4n) is 3.67. The fourth-order valence-corrected chi connectivity index (χ4v) is 3.91. The summed E-state index contributed by atoms with van der Waals surface area (Å²) in [7, 11) is 0. The number of nitrogen functional groups attached to an aromatic ring is 1. The van der Waals surface area contributed by atoms with Crippen molar-refractivity contribution < 1.29 is 14.3 Å². The van der Waals surface area contributed by atoms with E-state index in [4.69, 9.17) is 17.3 Å². The van der Waals surface area contributed by atoms with Crippen LogP contribution in [0.15, 0.2) is 36.7 Å². The number of aromatic nitrogens is 5. The molecule has 4 N–H and O–H groups in total. The molecule has 0 aliphatic rings. The number of nitrogens with zero attached hydrogens (tertiary/aromatic N) is 4. The van der Waals surface area contributed by atoms with Crippen LogP contribution in [-0.2, 0) is 13.0 Å². The molecule has 10 heteroatoms. The van der Waals surface area contributed by atoms with Crippen LogP contribution in [0.2, 0.25) is 5.15 Å². The molecule has 0 fully saturated rings. The molecule has 0 spiro atoms. The molecule has 0 amide bonds. The largest absolute Gasteiger partial charge is 0.504 e. The third-order valence-electron chi connectivity index (χ3n) is 5.19. The van der Waals surface area contributed by atoms with Crippen LogP contribution in [0.25, 0.3) is 22.5 Å². The zero-order chi connectivity index (χ0) is 23.0. The summed E-state index contributed by atoms with van der Waals surface area (Å²) in [6.45, 7) is 3.84. The van der Waals surface area contributed by atoms with E-state index in [2.05, 4.69) is 20.3 Å². The molecule has 164 valence electrons. The number of rotatable bonds is 6. The lowest BCUT2D eigenvalue weighted by Gasteiger charge is -2.11. The Morgan fingerprint density at radius 3 is 2.78 bits per heavy atom. The Bertz CT molecular complexity index is 1330. The summed E-state index contributed by atoms with van der Waals surface area (Å²) in [5, 5.41) is 21.8. The molecule has 0 unspecified atom stereocenters. The number of carbonyl (C=O) groups is 1. The van der Waals surface area contributed by atoms with Gasteiger partial charge in [0, 0.05) is 47.0 Å². The van der Waals surface area contributed by atoms with E-state index in [1.807, 2.05) is 6.92 Å². The Morgan fingerprint density at radius 2 is 2.09 bits per heavy atom. The van der Waals surface area contributed by atoms with Gasteiger partial charge in [0.05, 0.1) is 17.6 Å². The van der Waals surface area contributed by atoms with Gasteiger partial charge in [0.2, 0.25) is 0 Å². The zero-order valence-corrected chi connectivity index (χ0v) is 18.1. The first-order chi connectivity index (χ1) is 15.3. The fraction of sp³-hybridized carbons (Fsp3) is 0.182. The van der Waals surface area contributed by atoms with Crippen LogP contribution in [0.4, 0.5) is 10.2 Å². The standard InChI is InChI=1S/C22H20ClFN6O2/c1-3-30-20(13-7-18(32)22(25)26-9-13)17(21(23)29-30)6-12-10-27-28-19(12)15-5-4-14(24)8-16(15)11(2)31/h4-5,7-10,32H,3,6H2,1-2H3,(H2,25,26)(H,27,28). The molecule has 4 aromatic rings. The first-order valence-corrected chi connectivity index (χ1v) is 10.2. The normalized spacial score (nSPS) is 11.1. The molecule has 0 atom stereocenters. The molecule has 0 aliphatic carbocycles. The van der Waals surface area contributed by atoms with Crippen LogP contribution in [0, 0.1) is 5.82 Å². The average Bonchev–Trinajstić information content (AvgIpc) is 3.34. The van der Waals surface area contributed by atoms with Crippen molar-refractivity contribution in [2.75, 3.05) is 5.73 Å². The molecule has 0 radical (unpaired) electrons. The zero-order valence-electron chi connectivity index (χ0n) is 17.4. The maximum absolute atomic E-state index is 13.8. The van der Waals surface area contributed by atoms with E-state index in [1.165, 1.54) is 25.1 Å². The molecule has 3 aromatic heterocycles. The van der Waals surface area contributed by atoms with E-state index in [0.29, 0.717) is 41.0 Å². The van der Waals surface area contributed by atoms with E-state index in [-0.39, 0.29) is 28.1 Å². The Balaban J connectivity index is 1.83. The average molecular weight is 455 g/mol. The number of aromatic amines is 1. The number of anilines is 1. The molecule has 8 nitrogen and oxygen atoms in total. The number of pyridine rings is 1. The van der Waals surface area contributed by atoms with E-state index in [0.717, 1.165) is 5.56 Å².